The summed E-state index contributed by atoms with van der Waals surface area (Å²) in [5.74, 6) is -2.48. The Morgan fingerprint density at radius 1 is 1.22 bits per heavy atom. The van der Waals surface area contributed by atoms with Crippen molar-refractivity contribution in [1.29, 1.82) is 0 Å². The Bertz CT molecular complexity index is 749. The highest BCUT2D eigenvalue weighted by atomic mass is 35.5. The molecular weight excluding hydrogens is 372 g/mol. The van der Waals surface area contributed by atoms with E-state index in [0.717, 1.165) is 44.2 Å². The van der Waals surface area contributed by atoms with Gasteiger partial charge < -0.3 is 4.74 Å². The average molecular weight is 393 g/mol. The van der Waals surface area contributed by atoms with Crippen molar-refractivity contribution in [3.05, 3.63) is 29.3 Å². The van der Waals surface area contributed by atoms with E-state index in [1.54, 1.807) is 24.3 Å². The molecule has 1 atom stereocenters. The molecule has 1 N–H and O–H groups in total. The number of nitrogens with zero attached hydrogens (tertiary/aromatic N) is 3. The van der Waals surface area contributed by atoms with Gasteiger partial charge >= 0.3 is 6.03 Å². The lowest BCUT2D eigenvalue weighted by Crippen LogP contribution is -2.58. The minimum atomic E-state index is -1.15. The molecule has 0 aliphatic carbocycles. The topological polar surface area (TPSA) is 91.3 Å². The van der Waals surface area contributed by atoms with Crippen molar-refractivity contribution < 1.29 is 19.1 Å². The Balaban J connectivity index is 1.60. The van der Waals surface area contributed by atoms with Crippen LogP contribution in [0.3, 0.4) is 0 Å². The van der Waals surface area contributed by atoms with Crippen molar-refractivity contribution in [2.45, 2.75) is 6.42 Å². The number of carbonyl (C=O) groups is 3. The van der Waals surface area contributed by atoms with Gasteiger partial charge in [0.1, 0.15) is 0 Å². The van der Waals surface area contributed by atoms with E-state index >= 15 is 0 Å². The number of nitrogens with one attached hydrogen (secondary N) is 1. The Labute approximate surface area is 162 Å². The lowest BCUT2D eigenvalue weighted by Gasteiger charge is -2.29. The monoisotopic (exact) mass is 392 g/mol. The molecule has 0 bridgehead atoms. The molecule has 2 fully saturated rings. The fraction of sp³-hybridized carbons (Fsp3) is 0.444. The highest BCUT2D eigenvalue weighted by Gasteiger charge is 2.41. The number of para-hydroxylation sites is 1. The number of aliphatic imine (C=N–C) groups is 1. The van der Waals surface area contributed by atoms with E-state index in [0.29, 0.717) is 6.54 Å². The van der Waals surface area contributed by atoms with Crippen molar-refractivity contribution in [3.8, 4) is 0 Å². The second-order valence-corrected chi connectivity index (χ2v) is 6.67. The lowest BCUT2D eigenvalue weighted by atomic mass is 10.1. The van der Waals surface area contributed by atoms with Gasteiger partial charge in [0.05, 0.1) is 23.9 Å². The molecule has 4 amide bonds. The molecule has 2 saturated heterocycles. The van der Waals surface area contributed by atoms with E-state index in [-0.39, 0.29) is 10.7 Å². The van der Waals surface area contributed by atoms with Crippen LogP contribution in [0.25, 0.3) is 0 Å². The fourth-order valence-electron chi connectivity index (χ4n) is 2.97. The Hall–Kier alpha value is -2.29. The lowest BCUT2D eigenvalue weighted by molar-refractivity contribution is -0.131. The smallest absolute Gasteiger partial charge is 0.335 e. The summed E-state index contributed by atoms with van der Waals surface area (Å²) in [6, 6.07) is 5.66. The number of ether oxygens (including phenoxy) is 1. The standard InChI is InChI=1S/C18H21ClN4O4/c19-14-4-1-2-5-15(14)23-17(25)13(16(24)21-18(23)26)12-20-6-3-7-22-8-10-27-11-9-22/h1-2,4-5,12-13H,3,6-11H2,(H,21,24,26)/t13-/m1/s1. The molecule has 1 aromatic rings. The van der Waals surface area contributed by atoms with Crippen molar-refractivity contribution in [2.24, 2.45) is 10.9 Å². The van der Waals surface area contributed by atoms with Crippen molar-refractivity contribution >= 4 is 41.3 Å². The Kier molecular flexibility index (Phi) is 6.54. The SMILES string of the molecule is O=C1NC(=O)N(c2ccccc2Cl)C(=O)[C@@H]1C=NCCCN1CCOCC1. The van der Waals surface area contributed by atoms with Crippen LogP contribution in [0.1, 0.15) is 6.42 Å². The van der Waals surface area contributed by atoms with E-state index in [1.165, 1.54) is 6.21 Å². The maximum Gasteiger partial charge on any atom is 0.335 e. The zero-order valence-corrected chi connectivity index (χ0v) is 15.5. The second kappa shape index (κ2) is 9.07. The summed E-state index contributed by atoms with van der Waals surface area (Å²) >= 11 is 6.09. The van der Waals surface area contributed by atoms with Crippen LogP contribution in [-0.2, 0) is 14.3 Å². The molecule has 1 aromatic carbocycles. The van der Waals surface area contributed by atoms with Crippen LogP contribution in [-0.4, -0.2) is 68.4 Å². The van der Waals surface area contributed by atoms with E-state index in [1.807, 2.05) is 0 Å². The van der Waals surface area contributed by atoms with Gasteiger partial charge in [0, 0.05) is 32.4 Å². The van der Waals surface area contributed by atoms with Crippen LogP contribution >= 0.6 is 11.6 Å². The molecule has 8 nitrogen and oxygen atoms in total. The van der Waals surface area contributed by atoms with Gasteiger partial charge in [0.2, 0.25) is 5.91 Å². The van der Waals surface area contributed by atoms with Gasteiger partial charge in [0.25, 0.3) is 5.91 Å². The molecule has 2 aliphatic heterocycles. The molecule has 27 heavy (non-hydrogen) atoms. The van der Waals surface area contributed by atoms with Crippen LogP contribution in [0.2, 0.25) is 5.02 Å². The van der Waals surface area contributed by atoms with Gasteiger partial charge in [-0.25, -0.2) is 9.69 Å². The number of imide groups is 2. The molecule has 0 aromatic heterocycles. The first kappa shape index (κ1) is 19.5. The first-order chi connectivity index (χ1) is 13.1. The molecule has 9 heteroatoms. The van der Waals surface area contributed by atoms with Gasteiger partial charge in [-0.15, -0.1) is 0 Å². The van der Waals surface area contributed by atoms with Crippen molar-refractivity contribution in [3.63, 3.8) is 0 Å². The predicted molar refractivity (Wildman–Crippen MR) is 101 cm³/mol. The number of carbonyl (C=O) groups excluding carboxylic acids is 3. The Morgan fingerprint density at radius 2 is 1.96 bits per heavy atom. The molecular formula is C18H21ClN4O4. The van der Waals surface area contributed by atoms with Crippen molar-refractivity contribution in [2.75, 3.05) is 44.3 Å². The summed E-state index contributed by atoms with van der Waals surface area (Å²) in [5, 5.41) is 2.43. The quantitative estimate of drug-likeness (QED) is 0.448. The van der Waals surface area contributed by atoms with E-state index in [9.17, 15) is 14.4 Å². The second-order valence-electron chi connectivity index (χ2n) is 6.26. The van der Waals surface area contributed by atoms with E-state index < -0.39 is 23.8 Å². The molecule has 2 aliphatic rings. The van der Waals surface area contributed by atoms with Gasteiger partial charge in [0.15, 0.2) is 5.92 Å². The maximum atomic E-state index is 12.7. The molecule has 2 heterocycles. The third-order valence-electron chi connectivity index (χ3n) is 4.42. The van der Waals surface area contributed by atoms with E-state index in [2.05, 4.69) is 15.2 Å². The third-order valence-corrected chi connectivity index (χ3v) is 4.73. The third kappa shape index (κ3) is 4.71. The van der Waals surface area contributed by atoms with Gasteiger partial charge in [-0.05, 0) is 18.6 Å². The summed E-state index contributed by atoms with van der Waals surface area (Å²) in [6.45, 7) is 4.67. The zero-order chi connectivity index (χ0) is 19.2. The number of hydrogen-bond acceptors (Lipinski definition) is 6. The first-order valence-corrected chi connectivity index (χ1v) is 9.19. The van der Waals surface area contributed by atoms with Gasteiger partial charge in [-0.1, -0.05) is 23.7 Å². The van der Waals surface area contributed by atoms with Crippen LogP contribution in [0.5, 0.6) is 0 Å². The number of amides is 4. The van der Waals surface area contributed by atoms with Crippen LogP contribution < -0.4 is 10.2 Å². The molecule has 0 radical (unpaired) electrons. The molecule has 0 unspecified atom stereocenters. The summed E-state index contributed by atoms with van der Waals surface area (Å²) in [6.07, 6.45) is 2.12. The molecule has 3 rings (SSSR count). The number of benzene rings is 1. The summed E-state index contributed by atoms with van der Waals surface area (Å²) in [7, 11) is 0. The van der Waals surface area contributed by atoms with Crippen LogP contribution in [0.15, 0.2) is 29.3 Å². The summed E-state index contributed by atoms with van der Waals surface area (Å²) in [4.78, 5) is 44.3. The number of barbiturate groups is 1. The van der Waals surface area contributed by atoms with Crippen LogP contribution in [0, 0.1) is 5.92 Å². The highest BCUT2D eigenvalue weighted by molar-refractivity contribution is 6.38. The van der Waals surface area contributed by atoms with Gasteiger partial charge in [-0.3, -0.25) is 24.8 Å². The minimum Gasteiger partial charge on any atom is -0.379 e. The Morgan fingerprint density at radius 3 is 2.70 bits per heavy atom. The largest absolute Gasteiger partial charge is 0.379 e. The van der Waals surface area contributed by atoms with Gasteiger partial charge in [-0.2, -0.15) is 0 Å². The fourth-order valence-corrected chi connectivity index (χ4v) is 3.19. The first-order valence-electron chi connectivity index (χ1n) is 8.81. The number of anilines is 1. The molecule has 144 valence electrons. The highest BCUT2D eigenvalue weighted by Crippen LogP contribution is 2.28. The van der Waals surface area contributed by atoms with Crippen LogP contribution in [0.4, 0.5) is 10.5 Å². The summed E-state index contributed by atoms with van der Waals surface area (Å²) < 4.78 is 5.30. The zero-order valence-electron chi connectivity index (χ0n) is 14.8. The number of rotatable bonds is 6. The average Bonchev–Trinajstić information content (AvgIpc) is 2.66. The minimum absolute atomic E-state index is 0.236. The maximum absolute atomic E-state index is 12.7. The van der Waals surface area contributed by atoms with E-state index in [4.69, 9.17) is 16.3 Å². The number of urea groups is 1. The van der Waals surface area contributed by atoms with Crippen molar-refractivity contribution in [1.82, 2.24) is 10.2 Å². The number of halogens is 1. The molecule has 0 spiro atoms. The summed E-state index contributed by atoms with van der Waals surface area (Å²) in [5.41, 5.74) is 0.236. The number of morpholine rings is 1. The normalized spacial score (nSPS) is 21.7. The predicted octanol–water partition coefficient (Wildman–Crippen LogP) is 1.33. The number of hydrogen-bond donors (Lipinski definition) is 1. The molecule has 0 saturated carbocycles.